The molecule has 4 aromatic carbocycles. The first-order valence-electron chi connectivity index (χ1n) is 15.9. The lowest BCUT2D eigenvalue weighted by atomic mass is 10.1. The third-order valence-corrected chi connectivity index (χ3v) is 9.65. The molecule has 0 aromatic heterocycles. The van der Waals surface area contributed by atoms with Crippen molar-refractivity contribution < 1.29 is 41.1 Å². The smallest absolute Gasteiger partial charge is 0.297 e. The molecule has 8 rings (SSSR count). The van der Waals surface area contributed by atoms with E-state index < -0.39 is 16.2 Å². The van der Waals surface area contributed by atoms with Crippen LogP contribution in [-0.4, -0.2) is 58.8 Å². The number of anilines is 2. The van der Waals surface area contributed by atoms with Crippen LogP contribution in [0.25, 0.3) is 0 Å². The summed E-state index contributed by atoms with van der Waals surface area (Å²) in [6, 6.07) is 23.9. The summed E-state index contributed by atoms with van der Waals surface area (Å²) in [7, 11) is -3.88. The molecule has 0 fully saturated rings. The molecule has 0 aliphatic carbocycles. The van der Waals surface area contributed by atoms with E-state index in [0.717, 1.165) is 34.7 Å². The Kier molecular flexibility index (Phi) is 9.13. The van der Waals surface area contributed by atoms with Crippen molar-refractivity contribution in [1.29, 1.82) is 0 Å². The standard InChI is InChI=1S/C18H18N2O3.C18H17NO6S/c21-17-8-14-15(20-17)6-7-16-18(14)23-13(11-22-16)10-19-9-12-4-2-1-3-5-12;1-11-2-4-13(5-3-11)26(21,22)24-10-12-9-23-16-7-6-15-14(18(16)25-12)8-17(20)19-15/h1-7,13,19H,8-11H2,(H,20,21);2-7,12H,8-10H2,1H3,(H,19,20)/t13-;12-/m01/s1. The maximum Gasteiger partial charge on any atom is 0.297 e. The first-order chi connectivity index (χ1) is 23.7. The van der Waals surface area contributed by atoms with Gasteiger partial charge in [0.15, 0.2) is 29.1 Å². The second kappa shape index (κ2) is 13.8. The molecule has 254 valence electrons. The molecule has 0 radical (unpaired) electrons. The van der Waals surface area contributed by atoms with Crippen molar-refractivity contribution in [3.05, 3.63) is 101 Å². The Bertz CT molecular complexity index is 1990. The third-order valence-electron chi connectivity index (χ3n) is 8.35. The molecular weight excluding hydrogens is 650 g/mol. The van der Waals surface area contributed by atoms with Gasteiger partial charge >= 0.3 is 0 Å². The molecular formula is C36H35N3O9S. The number of aryl methyl sites for hydroxylation is 1. The van der Waals surface area contributed by atoms with Crippen molar-refractivity contribution in [2.45, 2.75) is 43.4 Å². The van der Waals surface area contributed by atoms with Crippen LogP contribution in [0.15, 0.2) is 83.8 Å². The molecule has 2 amide bonds. The molecule has 0 spiro atoms. The van der Waals surface area contributed by atoms with Gasteiger partial charge in [-0.3, -0.25) is 13.8 Å². The van der Waals surface area contributed by atoms with E-state index >= 15 is 0 Å². The van der Waals surface area contributed by atoms with Crippen LogP contribution in [0.1, 0.15) is 22.3 Å². The van der Waals surface area contributed by atoms with Crippen molar-refractivity contribution in [3.63, 3.8) is 0 Å². The Balaban J connectivity index is 0.000000155. The van der Waals surface area contributed by atoms with E-state index in [9.17, 15) is 18.0 Å². The second-order valence-electron chi connectivity index (χ2n) is 12.1. The molecule has 0 bridgehead atoms. The van der Waals surface area contributed by atoms with Gasteiger partial charge in [-0.15, -0.1) is 0 Å². The molecule has 2 atom stereocenters. The number of fused-ring (bicyclic) bond motifs is 6. The molecule has 49 heavy (non-hydrogen) atoms. The van der Waals surface area contributed by atoms with Crippen LogP contribution < -0.4 is 34.9 Å². The maximum atomic E-state index is 12.3. The van der Waals surface area contributed by atoms with Gasteiger partial charge in [-0.25, -0.2) is 0 Å². The summed E-state index contributed by atoms with van der Waals surface area (Å²) in [5.41, 5.74) is 5.34. The number of rotatable bonds is 8. The van der Waals surface area contributed by atoms with Crippen LogP contribution in [0.3, 0.4) is 0 Å². The van der Waals surface area contributed by atoms with Crippen LogP contribution in [0.5, 0.6) is 23.0 Å². The number of ether oxygens (including phenoxy) is 4. The highest BCUT2D eigenvalue weighted by atomic mass is 32.2. The molecule has 0 saturated carbocycles. The molecule has 0 unspecified atom stereocenters. The average Bonchev–Trinajstić information content (AvgIpc) is 3.70. The van der Waals surface area contributed by atoms with Crippen molar-refractivity contribution in [3.8, 4) is 23.0 Å². The molecule has 0 saturated heterocycles. The zero-order chi connectivity index (χ0) is 34.0. The van der Waals surface area contributed by atoms with Gasteiger partial charge in [-0.2, -0.15) is 8.42 Å². The SMILES string of the molecule is Cc1ccc(S(=O)(=O)OC[C@H]2COc3ccc4c(c3O2)CC(=O)N4)cc1.O=C1Cc2c(ccc3c2O[C@@H](CNCc2ccccc2)CO3)N1. The number of hydrogen-bond donors (Lipinski definition) is 3. The van der Waals surface area contributed by atoms with E-state index in [2.05, 4.69) is 28.1 Å². The molecule has 4 aromatic rings. The Hall–Kier alpha value is -5.11. The van der Waals surface area contributed by atoms with Crippen molar-refractivity contribution >= 4 is 33.3 Å². The van der Waals surface area contributed by atoms with Crippen LogP contribution in [0.2, 0.25) is 0 Å². The minimum Gasteiger partial charge on any atom is -0.486 e. The van der Waals surface area contributed by atoms with Gasteiger partial charge in [0, 0.05) is 35.6 Å². The normalized spacial score (nSPS) is 18.4. The van der Waals surface area contributed by atoms with Gasteiger partial charge in [0.05, 0.1) is 17.7 Å². The maximum absolute atomic E-state index is 12.3. The lowest BCUT2D eigenvalue weighted by Crippen LogP contribution is -2.38. The first kappa shape index (κ1) is 32.4. The van der Waals surface area contributed by atoms with E-state index in [4.69, 9.17) is 23.1 Å². The fraction of sp³-hybridized carbons (Fsp3) is 0.278. The Morgan fingerprint density at radius 2 is 1.33 bits per heavy atom. The minimum absolute atomic E-state index is 0.00123. The lowest BCUT2D eigenvalue weighted by molar-refractivity contribution is -0.116. The monoisotopic (exact) mass is 685 g/mol. The highest BCUT2D eigenvalue weighted by Gasteiger charge is 2.32. The van der Waals surface area contributed by atoms with E-state index in [-0.39, 0.29) is 42.4 Å². The van der Waals surface area contributed by atoms with E-state index in [1.165, 1.54) is 17.7 Å². The fourth-order valence-electron chi connectivity index (χ4n) is 5.85. The van der Waals surface area contributed by atoms with Gasteiger partial charge < -0.3 is 34.9 Å². The zero-order valence-electron chi connectivity index (χ0n) is 26.7. The Labute approximate surface area is 283 Å². The Morgan fingerprint density at radius 3 is 1.94 bits per heavy atom. The highest BCUT2D eigenvalue weighted by molar-refractivity contribution is 7.86. The van der Waals surface area contributed by atoms with Gasteiger partial charge in [0.2, 0.25) is 11.8 Å². The molecule has 4 heterocycles. The summed E-state index contributed by atoms with van der Waals surface area (Å²) < 4.78 is 53.1. The number of benzene rings is 4. The van der Waals surface area contributed by atoms with Crippen LogP contribution in [0.4, 0.5) is 11.4 Å². The summed E-state index contributed by atoms with van der Waals surface area (Å²) >= 11 is 0. The third kappa shape index (κ3) is 7.33. The summed E-state index contributed by atoms with van der Waals surface area (Å²) in [6.07, 6.45) is -0.0956. The second-order valence-corrected chi connectivity index (χ2v) is 13.7. The minimum atomic E-state index is -3.88. The van der Waals surface area contributed by atoms with E-state index in [1.807, 2.05) is 37.3 Å². The highest BCUT2D eigenvalue weighted by Crippen LogP contribution is 2.43. The summed E-state index contributed by atoms with van der Waals surface area (Å²) in [5.74, 6) is 2.32. The lowest BCUT2D eigenvalue weighted by Gasteiger charge is -2.28. The zero-order valence-corrected chi connectivity index (χ0v) is 27.5. The first-order valence-corrected chi connectivity index (χ1v) is 17.3. The molecule has 3 N–H and O–H groups in total. The summed E-state index contributed by atoms with van der Waals surface area (Å²) in [6.45, 7) is 3.85. The van der Waals surface area contributed by atoms with Gasteiger partial charge in [-0.1, -0.05) is 48.0 Å². The molecule has 4 aliphatic heterocycles. The summed E-state index contributed by atoms with van der Waals surface area (Å²) in [5, 5.41) is 8.97. The average molecular weight is 686 g/mol. The number of carbonyl (C=O) groups excluding carboxylic acids is 2. The van der Waals surface area contributed by atoms with Crippen molar-refractivity contribution in [2.75, 3.05) is 37.0 Å². The number of hydrogen-bond acceptors (Lipinski definition) is 10. The molecule has 12 nitrogen and oxygen atoms in total. The van der Waals surface area contributed by atoms with E-state index in [1.54, 1.807) is 24.3 Å². The van der Waals surface area contributed by atoms with E-state index in [0.29, 0.717) is 42.5 Å². The van der Waals surface area contributed by atoms with Crippen LogP contribution in [-0.2, 0) is 43.3 Å². The predicted octanol–water partition coefficient (Wildman–Crippen LogP) is 4.15. The van der Waals surface area contributed by atoms with Crippen molar-refractivity contribution in [1.82, 2.24) is 5.32 Å². The van der Waals surface area contributed by atoms with Gasteiger partial charge in [0.25, 0.3) is 10.1 Å². The Morgan fingerprint density at radius 1 is 0.755 bits per heavy atom. The van der Waals surface area contributed by atoms with Gasteiger partial charge in [0.1, 0.15) is 25.9 Å². The summed E-state index contributed by atoms with van der Waals surface area (Å²) in [4.78, 5) is 23.3. The van der Waals surface area contributed by atoms with Gasteiger partial charge in [-0.05, 0) is 48.9 Å². The predicted molar refractivity (Wildman–Crippen MR) is 180 cm³/mol. The van der Waals surface area contributed by atoms with Crippen LogP contribution in [0, 0.1) is 6.92 Å². The van der Waals surface area contributed by atoms with Crippen molar-refractivity contribution in [2.24, 2.45) is 0 Å². The number of nitrogens with one attached hydrogen (secondary N) is 3. The molecule has 4 aliphatic rings. The van der Waals surface area contributed by atoms with Crippen LogP contribution >= 0.6 is 0 Å². The quantitative estimate of drug-likeness (QED) is 0.231. The number of amides is 2. The number of carbonyl (C=O) groups is 2. The fourth-order valence-corrected chi connectivity index (χ4v) is 6.79. The topological polar surface area (TPSA) is 151 Å². The largest absolute Gasteiger partial charge is 0.486 e. The molecule has 13 heteroatoms.